The Kier molecular flexibility index (Phi) is 6.26. The summed E-state index contributed by atoms with van der Waals surface area (Å²) in [4.78, 5) is 28.2. The topological polar surface area (TPSA) is 87.9 Å². The van der Waals surface area contributed by atoms with Gasteiger partial charge in [0.05, 0.1) is 25.0 Å². The number of likely N-dealkylation sites (tertiary alicyclic amines) is 1. The minimum atomic E-state index is -0.779. The quantitative estimate of drug-likeness (QED) is 0.808. The van der Waals surface area contributed by atoms with Gasteiger partial charge in [0.15, 0.2) is 0 Å². The molecule has 0 unspecified atom stereocenters. The second-order valence-electron chi connectivity index (χ2n) is 7.03. The number of carbonyl (C=O) groups excluding carboxylic acids is 1. The van der Waals surface area contributed by atoms with Gasteiger partial charge in [0.1, 0.15) is 0 Å². The summed E-state index contributed by atoms with van der Waals surface area (Å²) in [5.41, 5.74) is 0.605. The van der Waals surface area contributed by atoms with Crippen molar-refractivity contribution in [1.82, 2.24) is 19.6 Å². The second kappa shape index (κ2) is 8.64. The van der Waals surface area contributed by atoms with Gasteiger partial charge in [-0.25, -0.2) is 0 Å². The number of amides is 1. The van der Waals surface area contributed by atoms with E-state index in [1.165, 1.54) is 0 Å². The summed E-state index contributed by atoms with van der Waals surface area (Å²) in [6.07, 6.45) is 5.00. The molecule has 1 N–H and O–H groups in total. The summed E-state index contributed by atoms with van der Waals surface area (Å²) in [5.74, 6) is -0.619. The lowest BCUT2D eigenvalue weighted by Crippen LogP contribution is -2.55. The maximum Gasteiger partial charge on any atom is 0.303 e. The Balaban J connectivity index is 1.68. The van der Waals surface area contributed by atoms with Crippen LogP contribution in [0.4, 0.5) is 0 Å². The van der Waals surface area contributed by atoms with E-state index in [1.54, 1.807) is 17.1 Å². The third kappa shape index (κ3) is 4.42. The standard InChI is InChI=1S/C18H28N4O4/c1-2-22-13-15(11-19-22)18(25)21-6-5-16(20-7-9-26-10-8-20)14(12-21)3-4-17(23)24/h11,13-14,16H,2-10,12H2,1H3,(H,23,24)/t14-,16+/m1/s1. The monoisotopic (exact) mass is 364 g/mol. The molecule has 8 heteroatoms. The zero-order valence-electron chi connectivity index (χ0n) is 15.3. The fraction of sp³-hybridized carbons (Fsp3) is 0.722. The summed E-state index contributed by atoms with van der Waals surface area (Å²) < 4.78 is 7.19. The van der Waals surface area contributed by atoms with Gasteiger partial charge in [-0.2, -0.15) is 5.10 Å². The number of piperidine rings is 1. The van der Waals surface area contributed by atoms with Crippen LogP contribution in [0, 0.1) is 5.92 Å². The molecule has 2 aliphatic rings. The van der Waals surface area contributed by atoms with Crippen LogP contribution in [0.5, 0.6) is 0 Å². The van der Waals surface area contributed by atoms with Gasteiger partial charge in [0.2, 0.25) is 0 Å². The number of carbonyl (C=O) groups is 2. The van der Waals surface area contributed by atoms with Crippen molar-refractivity contribution in [2.45, 2.75) is 38.8 Å². The van der Waals surface area contributed by atoms with Crippen molar-refractivity contribution < 1.29 is 19.4 Å². The molecule has 1 aromatic heterocycles. The highest BCUT2D eigenvalue weighted by atomic mass is 16.5. The Morgan fingerprint density at radius 2 is 2.08 bits per heavy atom. The number of hydrogen-bond acceptors (Lipinski definition) is 5. The zero-order valence-corrected chi connectivity index (χ0v) is 15.3. The minimum Gasteiger partial charge on any atom is -0.481 e. The van der Waals surface area contributed by atoms with E-state index in [-0.39, 0.29) is 18.2 Å². The van der Waals surface area contributed by atoms with E-state index in [1.807, 2.05) is 11.8 Å². The van der Waals surface area contributed by atoms with Gasteiger partial charge in [0, 0.05) is 51.4 Å². The molecule has 8 nitrogen and oxygen atoms in total. The van der Waals surface area contributed by atoms with Crippen molar-refractivity contribution in [3.63, 3.8) is 0 Å². The molecule has 0 bridgehead atoms. The molecular weight excluding hydrogens is 336 g/mol. The van der Waals surface area contributed by atoms with Crippen molar-refractivity contribution in [2.24, 2.45) is 5.92 Å². The smallest absolute Gasteiger partial charge is 0.303 e. The van der Waals surface area contributed by atoms with Crippen molar-refractivity contribution in [3.05, 3.63) is 18.0 Å². The molecule has 0 aromatic carbocycles. The number of aromatic nitrogens is 2. The summed E-state index contributed by atoms with van der Waals surface area (Å²) in [6, 6.07) is 0.320. The van der Waals surface area contributed by atoms with Crippen LogP contribution in [-0.2, 0) is 16.1 Å². The summed E-state index contributed by atoms with van der Waals surface area (Å²) in [7, 11) is 0. The molecule has 1 aromatic rings. The van der Waals surface area contributed by atoms with Crippen LogP contribution in [0.1, 0.15) is 36.5 Å². The molecule has 26 heavy (non-hydrogen) atoms. The molecule has 0 spiro atoms. The van der Waals surface area contributed by atoms with Gasteiger partial charge in [-0.05, 0) is 25.7 Å². The largest absolute Gasteiger partial charge is 0.481 e. The number of aliphatic carboxylic acids is 1. The van der Waals surface area contributed by atoms with Gasteiger partial charge >= 0.3 is 5.97 Å². The van der Waals surface area contributed by atoms with Gasteiger partial charge in [-0.15, -0.1) is 0 Å². The van der Waals surface area contributed by atoms with Crippen LogP contribution in [-0.4, -0.2) is 82.0 Å². The summed E-state index contributed by atoms with van der Waals surface area (Å²) in [5, 5.41) is 13.3. The average Bonchev–Trinajstić information content (AvgIpc) is 3.15. The molecule has 3 rings (SSSR count). The van der Waals surface area contributed by atoms with Crippen LogP contribution in [0.2, 0.25) is 0 Å². The number of aryl methyl sites for hydroxylation is 1. The number of carboxylic acids is 1. The third-order valence-corrected chi connectivity index (χ3v) is 5.43. The van der Waals surface area contributed by atoms with Crippen LogP contribution >= 0.6 is 0 Å². The fourth-order valence-corrected chi connectivity index (χ4v) is 4.02. The van der Waals surface area contributed by atoms with Crippen molar-refractivity contribution >= 4 is 11.9 Å². The fourth-order valence-electron chi connectivity index (χ4n) is 4.02. The first-order valence-electron chi connectivity index (χ1n) is 9.43. The molecule has 0 aliphatic carbocycles. The predicted molar refractivity (Wildman–Crippen MR) is 95.0 cm³/mol. The van der Waals surface area contributed by atoms with E-state index in [0.29, 0.717) is 31.1 Å². The summed E-state index contributed by atoms with van der Waals surface area (Å²) in [6.45, 7) is 7.22. The van der Waals surface area contributed by atoms with Gasteiger partial charge < -0.3 is 14.7 Å². The van der Waals surface area contributed by atoms with E-state index in [2.05, 4.69) is 10.00 Å². The molecule has 2 fully saturated rings. The molecule has 144 valence electrons. The van der Waals surface area contributed by atoms with Gasteiger partial charge in [-0.1, -0.05) is 0 Å². The minimum absolute atomic E-state index is 0.00884. The summed E-state index contributed by atoms with van der Waals surface area (Å²) >= 11 is 0. The predicted octanol–water partition coefficient (Wildman–Crippen LogP) is 0.931. The lowest BCUT2D eigenvalue weighted by molar-refractivity contribution is -0.137. The van der Waals surface area contributed by atoms with Crippen molar-refractivity contribution in [2.75, 3.05) is 39.4 Å². The molecule has 1 amide bonds. The molecular formula is C18H28N4O4. The number of ether oxygens (including phenoxy) is 1. The first-order valence-corrected chi connectivity index (χ1v) is 9.43. The molecule has 0 saturated carbocycles. The van der Waals surface area contributed by atoms with E-state index in [4.69, 9.17) is 9.84 Å². The Bertz CT molecular complexity index is 626. The average molecular weight is 364 g/mol. The lowest BCUT2D eigenvalue weighted by atomic mass is 9.86. The van der Waals surface area contributed by atoms with Gasteiger partial charge in [0.25, 0.3) is 5.91 Å². The first-order chi connectivity index (χ1) is 12.6. The zero-order chi connectivity index (χ0) is 18.5. The molecule has 3 heterocycles. The maximum absolute atomic E-state index is 12.8. The highest BCUT2D eigenvalue weighted by Gasteiger charge is 2.36. The van der Waals surface area contributed by atoms with Crippen LogP contribution in [0.25, 0.3) is 0 Å². The van der Waals surface area contributed by atoms with Crippen LogP contribution in [0.15, 0.2) is 12.4 Å². The highest BCUT2D eigenvalue weighted by molar-refractivity contribution is 5.93. The number of rotatable bonds is 6. The molecule has 0 radical (unpaired) electrons. The third-order valence-electron chi connectivity index (χ3n) is 5.43. The van der Waals surface area contributed by atoms with E-state index in [9.17, 15) is 9.59 Å². The number of hydrogen-bond donors (Lipinski definition) is 1. The van der Waals surface area contributed by atoms with Crippen molar-refractivity contribution in [3.8, 4) is 0 Å². The van der Waals surface area contributed by atoms with E-state index in [0.717, 1.165) is 39.3 Å². The Labute approximate surface area is 153 Å². The lowest BCUT2D eigenvalue weighted by Gasteiger charge is -2.45. The van der Waals surface area contributed by atoms with Gasteiger partial charge in [-0.3, -0.25) is 19.2 Å². The van der Waals surface area contributed by atoms with Crippen molar-refractivity contribution in [1.29, 1.82) is 0 Å². The van der Waals surface area contributed by atoms with Crippen LogP contribution in [0.3, 0.4) is 0 Å². The Hall–Kier alpha value is -1.93. The first kappa shape index (κ1) is 18.8. The van der Waals surface area contributed by atoms with E-state index < -0.39 is 5.97 Å². The molecule has 2 saturated heterocycles. The number of morpholine rings is 1. The van der Waals surface area contributed by atoms with Crippen LogP contribution < -0.4 is 0 Å². The number of carboxylic acid groups (broad SMARTS) is 1. The molecule has 2 atom stereocenters. The van der Waals surface area contributed by atoms with E-state index >= 15 is 0 Å². The SMILES string of the molecule is CCn1cc(C(=O)N2CC[C@H](N3CCOCC3)[C@H](CCC(=O)O)C2)cn1. The number of nitrogens with zero attached hydrogens (tertiary/aromatic N) is 4. The second-order valence-corrected chi connectivity index (χ2v) is 7.03. The molecule has 2 aliphatic heterocycles. The maximum atomic E-state index is 12.8. The highest BCUT2D eigenvalue weighted by Crippen LogP contribution is 2.28. The Morgan fingerprint density at radius 1 is 1.31 bits per heavy atom. The Morgan fingerprint density at radius 3 is 2.73 bits per heavy atom. The normalized spacial score (nSPS) is 24.6.